The Morgan fingerprint density at radius 1 is 1.17 bits per heavy atom. The van der Waals surface area contributed by atoms with Gasteiger partial charge < -0.3 is 4.74 Å². The van der Waals surface area contributed by atoms with Crippen molar-refractivity contribution in [1.29, 1.82) is 0 Å². The first-order chi connectivity index (χ1) is 11.5. The molecule has 0 amide bonds. The van der Waals surface area contributed by atoms with Crippen LogP contribution in [0.3, 0.4) is 0 Å². The Morgan fingerprint density at radius 3 is 2.67 bits per heavy atom. The highest BCUT2D eigenvalue weighted by molar-refractivity contribution is 7.89. The smallest absolute Gasteiger partial charge is 0.338 e. The van der Waals surface area contributed by atoms with Crippen molar-refractivity contribution in [3.63, 3.8) is 0 Å². The SMILES string of the molecule is O=C1OCc2ccc(S(=O)(=O)N3CCC3c3ccccc3F)cc21. The molecule has 0 bridgehead atoms. The van der Waals surface area contributed by atoms with E-state index in [0.29, 0.717) is 24.1 Å². The van der Waals surface area contributed by atoms with Crippen molar-refractivity contribution in [2.75, 3.05) is 6.54 Å². The number of benzene rings is 2. The summed E-state index contributed by atoms with van der Waals surface area (Å²) in [6.07, 6.45) is 0.563. The van der Waals surface area contributed by atoms with Gasteiger partial charge in [-0.3, -0.25) is 0 Å². The monoisotopic (exact) mass is 347 g/mol. The predicted molar refractivity (Wildman–Crippen MR) is 83.2 cm³/mol. The molecule has 124 valence electrons. The molecule has 1 fully saturated rings. The van der Waals surface area contributed by atoms with E-state index in [-0.39, 0.29) is 17.1 Å². The van der Waals surface area contributed by atoms with E-state index >= 15 is 0 Å². The maximum Gasteiger partial charge on any atom is 0.338 e. The Morgan fingerprint density at radius 2 is 1.96 bits per heavy atom. The van der Waals surface area contributed by atoms with Crippen LogP contribution in [0.1, 0.15) is 33.9 Å². The van der Waals surface area contributed by atoms with Crippen LogP contribution >= 0.6 is 0 Å². The summed E-state index contributed by atoms with van der Waals surface area (Å²) in [5, 5.41) is 0. The van der Waals surface area contributed by atoms with Crippen molar-refractivity contribution in [1.82, 2.24) is 4.31 Å². The Balaban J connectivity index is 1.70. The van der Waals surface area contributed by atoms with Crippen LogP contribution in [0.2, 0.25) is 0 Å². The zero-order valence-electron chi connectivity index (χ0n) is 12.6. The van der Waals surface area contributed by atoms with E-state index in [1.807, 2.05) is 0 Å². The van der Waals surface area contributed by atoms with Crippen LogP contribution in [0.15, 0.2) is 47.4 Å². The van der Waals surface area contributed by atoms with Gasteiger partial charge in [-0.05, 0) is 24.6 Å². The minimum atomic E-state index is -3.80. The Bertz CT molecular complexity index is 941. The van der Waals surface area contributed by atoms with Crippen molar-refractivity contribution in [2.24, 2.45) is 0 Å². The molecule has 2 aliphatic rings. The molecule has 0 aromatic heterocycles. The molecule has 2 heterocycles. The lowest BCUT2D eigenvalue weighted by Gasteiger charge is -2.40. The van der Waals surface area contributed by atoms with Crippen LogP contribution in [-0.2, 0) is 21.4 Å². The highest BCUT2D eigenvalue weighted by Crippen LogP contribution is 2.39. The summed E-state index contributed by atoms with van der Waals surface area (Å²) in [7, 11) is -3.80. The number of hydrogen-bond acceptors (Lipinski definition) is 4. The number of sulfonamides is 1. The molecular formula is C17H14FNO4S. The zero-order valence-corrected chi connectivity index (χ0v) is 13.4. The van der Waals surface area contributed by atoms with Crippen LogP contribution in [0, 0.1) is 5.82 Å². The highest BCUT2D eigenvalue weighted by atomic mass is 32.2. The largest absolute Gasteiger partial charge is 0.457 e. The van der Waals surface area contributed by atoms with E-state index < -0.39 is 27.9 Å². The second-order valence-corrected chi connectivity index (χ2v) is 7.73. The first kappa shape index (κ1) is 15.3. The Kier molecular flexibility index (Phi) is 3.43. The molecule has 2 aliphatic heterocycles. The molecule has 5 nitrogen and oxygen atoms in total. The molecule has 1 unspecified atom stereocenters. The van der Waals surface area contributed by atoms with E-state index in [1.54, 1.807) is 24.3 Å². The topological polar surface area (TPSA) is 63.7 Å². The van der Waals surface area contributed by atoms with Crippen molar-refractivity contribution < 1.29 is 22.3 Å². The van der Waals surface area contributed by atoms with Crippen LogP contribution in [0.25, 0.3) is 0 Å². The fourth-order valence-corrected chi connectivity index (χ4v) is 4.77. The van der Waals surface area contributed by atoms with Crippen molar-refractivity contribution in [3.05, 3.63) is 65.0 Å². The van der Waals surface area contributed by atoms with Gasteiger partial charge in [0.2, 0.25) is 10.0 Å². The molecule has 7 heteroatoms. The molecule has 0 aliphatic carbocycles. The predicted octanol–water partition coefficient (Wildman–Crippen LogP) is 2.63. The number of ether oxygens (including phenoxy) is 1. The van der Waals surface area contributed by atoms with Gasteiger partial charge in [0.15, 0.2) is 0 Å². The Hall–Kier alpha value is -2.25. The lowest BCUT2D eigenvalue weighted by atomic mass is 9.97. The molecule has 0 radical (unpaired) electrons. The number of halogens is 1. The number of rotatable bonds is 3. The second kappa shape index (κ2) is 5.39. The molecule has 2 aromatic carbocycles. The Labute approximate surface area is 138 Å². The summed E-state index contributed by atoms with van der Waals surface area (Å²) < 4.78 is 45.9. The summed E-state index contributed by atoms with van der Waals surface area (Å²) in [5.41, 5.74) is 1.32. The summed E-state index contributed by atoms with van der Waals surface area (Å²) in [6.45, 7) is 0.485. The molecule has 0 spiro atoms. The average Bonchev–Trinajstić information content (AvgIpc) is 2.89. The van der Waals surface area contributed by atoms with E-state index in [9.17, 15) is 17.6 Å². The lowest BCUT2D eigenvalue weighted by molar-refractivity contribution is 0.0535. The number of carbonyl (C=O) groups excluding carboxylic acids is 1. The van der Waals surface area contributed by atoms with E-state index in [2.05, 4.69) is 0 Å². The quantitative estimate of drug-likeness (QED) is 0.801. The van der Waals surface area contributed by atoms with E-state index in [4.69, 9.17) is 4.74 Å². The average molecular weight is 347 g/mol. The van der Waals surface area contributed by atoms with Gasteiger partial charge in [-0.15, -0.1) is 0 Å². The molecule has 24 heavy (non-hydrogen) atoms. The molecule has 0 saturated carbocycles. The van der Waals surface area contributed by atoms with Gasteiger partial charge in [0.1, 0.15) is 12.4 Å². The van der Waals surface area contributed by atoms with Gasteiger partial charge in [-0.2, -0.15) is 4.31 Å². The van der Waals surface area contributed by atoms with Gasteiger partial charge in [-0.1, -0.05) is 24.3 Å². The number of cyclic esters (lactones) is 1. The maximum atomic E-state index is 14.0. The second-order valence-electron chi connectivity index (χ2n) is 5.84. The minimum absolute atomic E-state index is 0.0288. The third kappa shape index (κ3) is 2.23. The number of hydrogen-bond donors (Lipinski definition) is 0. The summed E-state index contributed by atoms with van der Waals surface area (Å²) in [4.78, 5) is 11.7. The molecular weight excluding hydrogens is 333 g/mol. The highest BCUT2D eigenvalue weighted by Gasteiger charge is 2.41. The minimum Gasteiger partial charge on any atom is -0.457 e. The maximum absolute atomic E-state index is 14.0. The van der Waals surface area contributed by atoms with Crippen LogP contribution in [0.5, 0.6) is 0 Å². The van der Waals surface area contributed by atoms with Gasteiger partial charge in [0, 0.05) is 17.7 Å². The first-order valence-electron chi connectivity index (χ1n) is 7.55. The fraction of sp³-hybridized carbons (Fsp3) is 0.235. The zero-order chi connectivity index (χ0) is 16.9. The first-order valence-corrected chi connectivity index (χ1v) is 8.99. The van der Waals surface area contributed by atoms with E-state index in [0.717, 1.165) is 0 Å². The van der Waals surface area contributed by atoms with E-state index in [1.165, 1.54) is 22.5 Å². The van der Waals surface area contributed by atoms with Gasteiger partial charge in [0.05, 0.1) is 16.5 Å². The standard InChI is InChI=1S/C17H14FNO4S/c18-15-4-2-1-3-13(15)16-7-8-19(16)24(21,22)12-6-5-11-10-23-17(20)14(11)9-12/h1-6,9,16H,7-8,10H2. The number of esters is 1. The molecule has 1 atom stereocenters. The van der Waals surface area contributed by atoms with Crippen molar-refractivity contribution in [2.45, 2.75) is 24.0 Å². The van der Waals surface area contributed by atoms with Crippen molar-refractivity contribution >= 4 is 16.0 Å². The van der Waals surface area contributed by atoms with Gasteiger partial charge >= 0.3 is 5.97 Å². The third-order valence-electron chi connectivity index (χ3n) is 4.50. The molecule has 0 N–H and O–H groups in total. The normalized spacial score (nSPS) is 20.4. The van der Waals surface area contributed by atoms with Crippen LogP contribution in [-0.4, -0.2) is 25.2 Å². The molecule has 1 saturated heterocycles. The van der Waals surface area contributed by atoms with Crippen LogP contribution < -0.4 is 0 Å². The van der Waals surface area contributed by atoms with Gasteiger partial charge in [0.25, 0.3) is 0 Å². The van der Waals surface area contributed by atoms with Crippen LogP contribution in [0.4, 0.5) is 4.39 Å². The molecule has 2 aromatic rings. The fourth-order valence-electron chi connectivity index (χ4n) is 3.10. The number of nitrogens with zero attached hydrogens (tertiary/aromatic N) is 1. The summed E-state index contributed by atoms with van der Waals surface area (Å²) in [6, 6.07) is 10.1. The summed E-state index contributed by atoms with van der Waals surface area (Å²) in [5.74, 6) is -0.934. The number of carbonyl (C=O) groups is 1. The van der Waals surface area contributed by atoms with Gasteiger partial charge in [-0.25, -0.2) is 17.6 Å². The third-order valence-corrected chi connectivity index (χ3v) is 6.41. The number of fused-ring (bicyclic) bond motifs is 1. The lowest BCUT2D eigenvalue weighted by Crippen LogP contribution is -2.45. The summed E-state index contributed by atoms with van der Waals surface area (Å²) >= 11 is 0. The molecule has 4 rings (SSSR count). The van der Waals surface area contributed by atoms with Crippen molar-refractivity contribution in [3.8, 4) is 0 Å².